The molecule has 2 aromatic carbocycles. The van der Waals surface area contributed by atoms with Crippen LogP contribution in [0.25, 0.3) is 0 Å². The van der Waals surface area contributed by atoms with Gasteiger partial charge in [-0.1, -0.05) is 91.6 Å². The second-order valence-electron chi connectivity index (χ2n) is 8.94. The molecule has 1 aliphatic heterocycles. The number of allylic oxidation sites excluding steroid dienone is 5. The summed E-state index contributed by atoms with van der Waals surface area (Å²) < 4.78 is 81.3. The minimum atomic E-state index is -5.94. The van der Waals surface area contributed by atoms with Gasteiger partial charge in [-0.25, -0.2) is 0 Å². The minimum absolute atomic E-state index is 0.0740. The third kappa shape index (κ3) is 5.18. The maximum Gasteiger partial charge on any atom is 0.430 e. The van der Waals surface area contributed by atoms with Gasteiger partial charge in [-0.15, -0.1) is 0 Å². The molecule has 0 saturated heterocycles. The summed E-state index contributed by atoms with van der Waals surface area (Å²) in [6, 6.07) is 12.3. The minimum Gasteiger partial charge on any atom is -0.369 e. The normalized spacial score (nSPS) is 17.7. The lowest BCUT2D eigenvalue weighted by molar-refractivity contribution is -0.376. The Labute approximate surface area is 212 Å². The fraction of sp³-hybridized carbons (Fsp3) is 0.310. The number of nitrogens with zero attached hydrogens (tertiary/aromatic N) is 1. The summed E-state index contributed by atoms with van der Waals surface area (Å²) in [7, 11) is 0. The van der Waals surface area contributed by atoms with Gasteiger partial charge in [0.2, 0.25) is 0 Å². The van der Waals surface area contributed by atoms with Crippen molar-refractivity contribution in [3.8, 4) is 0 Å². The number of hydrogen-bond acceptors (Lipinski definition) is 2. The van der Waals surface area contributed by atoms with Gasteiger partial charge >= 0.3 is 12.4 Å². The number of alkyl halides is 6. The zero-order valence-corrected chi connectivity index (χ0v) is 20.6. The molecule has 8 heteroatoms. The lowest BCUT2D eigenvalue weighted by Crippen LogP contribution is -2.54. The second-order valence-corrected chi connectivity index (χ2v) is 8.94. The van der Waals surface area contributed by atoms with Crippen molar-refractivity contribution >= 4 is 0 Å². The molecule has 0 fully saturated rings. The molecule has 1 unspecified atom stereocenters. The summed E-state index contributed by atoms with van der Waals surface area (Å²) >= 11 is 0. The van der Waals surface area contributed by atoms with Crippen molar-refractivity contribution in [3.05, 3.63) is 119 Å². The van der Waals surface area contributed by atoms with E-state index in [4.69, 9.17) is 0 Å². The number of benzene rings is 2. The van der Waals surface area contributed by atoms with E-state index in [2.05, 4.69) is 6.58 Å². The Bertz CT molecular complexity index is 1180. The third-order valence-electron chi connectivity index (χ3n) is 6.90. The van der Waals surface area contributed by atoms with E-state index in [0.29, 0.717) is 24.1 Å². The molecule has 37 heavy (non-hydrogen) atoms. The van der Waals surface area contributed by atoms with Crippen molar-refractivity contribution in [2.24, 2.45) is 0 Å². The first kappa shape index (κ1) is 28.5. The van der Waals surface area contributed by atoms with Crippen LogP contribution in [-0.4, -0.2) is 28.9 Å². The highest BCUT2D eigenvalue weighted by Crippen LogP contribution is 2.50. The topological polar surface area (TPSA) is 23.5 Å². The summed E-state index contributed by atoms with van der Waals surface area (Å²) in [5.41, 5.74) is -4.26. The van der Waals surface area contributed by atoms with E-state index in [0.717, 1.165) is 23.3 Å². The van der Waals surface area contributed by atoms with E-state index in [1.165, 1.54) is 6.07 Å². The van der Waals surface area contributed by atoms with Crippen LogP contribution in [0.1, 0.15) is 36.1 Å². The highest BCUT2D eigenvalue weighted by atomic mass is 19.4. The van der Waals surface area contributed by atoms with Crippen molar-refractivity contribution in [3.63, 3.8) is 0 Å². The molecule has 1 N–H and O–H groups in total. The molecule has 1 aliphatic rings. The lowest BCUT2D eigenvalue weighted by atomic mass is 9.78. The molecule has 1 heterocycles. The van der Waals surface area contributed by atoms with Crippen LogP contribution in [-0.2, 0) is 24.1 Å². The maximum atomic E-state index is 13.5. The first-order chi connectivity index (χ1) is 17.3. The molecule has 2 nitrogen and oxygen atoms in total. The molecule has 0 aliphatic carbocycles. The molecular weight excluding hydrogens is 492 g/mol. The maximum absolute atomic E-state index is 13.5. The van der Waals surface area contributed by atoms with Crippen LogP contribution in [0.3, 0.4) is 0 Å². The van der Waals surface area contributed by atoms with Crippen LogP contribution in [0.4, 0.5) is 26.3 Å². The number of aliphatic hydroxyl groups is 1. The molecule has 2 aromatic rings. The Morgan fingerprint density at radius 3 is 2.11 bits per heavy atom. The van der Waals surface area contributed by atoms with E-state index in [1.54, 1.807) is 18.2 Å². The summed E-state index contributed by atoms with van der Waals surface area (Å²) in [6.07, 6.45) is -0.542. The quantitative estimate of drug-likeness (QED) is 0.232. The van der Waals surface area contributed by atoms with Crippen molar-refractivity contribution in [1.82, 2.24) is 4.90 Å². The monoisotopic (exact) mass is 521 g/mol. The summed E-state index contributed by atoms with van der Waals surface area (Å²) in [6.45, 7) is 8.05. The zero-order chi connectivity index (χ0) is 27.5. The Hall–Kier alpha value is -3.10. The number of rotatable bonds is 7. The molecule has 1 atom stereocenters. The second kappa shape index (κ2) is 10.7. The fourth-order valence-corrected chi connectivity index (χ4v) is 4.81. The first-order valence-corrected chi connectivity index (χ1v) is 11.7. The molecule has 0 bridgehead atoms. The van der Waals surface area contributed by atoms with Crippen LogP contribution >= 0.6 is 0 Å². The van der Waals surface area contributed by atoms with Gasteiger partial charge in [0.25, 0.3) is 5.60 Å². The van der Waals surface area contributed by atoms with Gasteiger partial charge in [-0.05, 0) is 42.5 Å². The van der Waals surface area contributed by atoms with E-state index >= 15 is 0 Å². The Kier molecular flexibility index (Phi) is 8.24. The first-order valence-electron chi connectivity index (χ1n) is 11.7. The predicted molar refractivity (Wildman–Crippen MR) is 133 cm³/mol. The third-order valence-corrected chi connectivity index (χ3v) is 6.90. The zero-order valence-electron chi connectivity index (χ0n) is 20.6. The smallest absolute Gasteiger partial charge is 0.369 e. The average molecular weight is 522 g/mol. The lowest BCUT2D eigenvalue weighted by Gasteiger charge is -2.46. The number of halogens is 6. The van der Waals surface area contributed by atoms with Crippen molar-refractivity contribution in [2.45, 2.75) is 50.3 Å². The number of hydrogen-bond donors (Lipinski definition) is 1. The molecule has 0 spiro atoms. The molecular formula is C29H29F6NO. The molecule has 0 aromatic heterocycles. The molecule has 3 rings (SSSR count). The van der Waals surface area contributed by atoms with Gasteiger partial charge in [-0.3, -0.25) is 4.90 Å². The van der Waals surface area contributed by atoms with E-state index in [9.17, 15) is 31.4 Å². The molecule has 0 amide bonds. The summed E-state index contributed by atoms with van der Waals surface area (Å²) in [5, 5.41) is 9.95. The largest absolute Gasteiger partial charge is 0.430 e. The Morgan fingerprint density at radius 1 is 0.892 bits per heavy atom. The highest BCUT2D eigenvalue weighted by molar-refractivity contribution is 5.44. The van der Waals surface area contributed by atoms with Gasteiger partial charge in [0.05, 0.1) is 5.54 Å². The van der Waals surface area contributed by atoms with Crippen molar-refractivity contribution in [1.29, 1.82) is 0 Å². The van der Waals surface area contributed by atoms with Gasteiger partial charge in [-0.2, -0.15) is 26.3 Å². The molecule has 0 radical (unpaired) electrons. The van der Waals surface area contributed by atoms with E-state index < -0.39 is 29.1 Å². The molecule has 0 saturated carbocycles. The van der Waals surface area contributed by atoms with Crippen LogP contribution in [0.2, 0.25) is 0 Å². The van der Waals surface area contributed by atoms with Crippen molar-refractivity contribution < 1.29 is 31.4 Å². The van der Waals surface area contributed by atoms with Gasteiger partial charge in [0, 0.05) is 18.7 Å². The fourth-order valence-electron chi connectivity index (χ4n) is 4.81. The predicted octanol–water partition coefficient (Wildman–Crippen LogP) is 7.52. The highest BCUT2D eigenvalue weighted by Gasteiger charge is 2.71. The van der Waals surface area contributed by atoms with Crippen LogP contribution in [0, 0.1) is 0 Å². The number of fused-ring (bicyclic) bond motifs is 1. The Balaban J connectivity index is 2.18. The van der Waals surface area contributed by atoms with Gasteiger partial charge in [0.15, 0.2) is 0 Å². The molecule has 198 valence electrons. The van der Waals surface area contributed by atoms with Crippen molar-refractivity contribution in [2.75, 3.05) is 6.54 Å². The SMILES string of the molecule is C=C/C=C\C=C\C(/C(C)=C/C)(c1ccccc1)N1CCc2ccc(C(O)(C(F)(F)F)C(F)(F)F)cc2C1. The van der Waals surface area contributed by atoms with Gasteiger partial charge < -0.3 is 5.11 Å². The van der Waals surface area contributed by atoms with Crippen LogP contribution in [0.15, 0.2) is 97.1 Å². The van der Waals surface area contributed by atoms with E-state index in [1.807, 2.05) is 67.3 Å². The van der Waals surface area contributed by atoms with Crippen LogP contribution in [0.5, 0.6) is 0 Å². The van der Waals surface area contributed by atoms with Crippen LogP contribution < -0.4 is 0 Å². The Morgan fingerprint density at radius 2 is 1.54 bits per heavy atom. The van der Waals surface area contributed by atoms with Gasteiger partial charge in [0.1, 0.15) is 0 Å². The standard InChI is InChI=1S/C29H29F6NO/c1-4-6-7-11-17-26(21(3)5-2,24-12-9-8-10-13-24)36-18-16-22-14-15-25(19-23(22)20-36)27(37,28(30,31)32)29(33,34)35/h4-15,17,19,37H,1,16,18,20H2,2-3H3/b7-6-,17-11+,21-5+. The summed E-state index contributed by atoms with van der Waals surface area (Å²) in [4.78, 5) is 2.03. The van der Waals surface area contributed by atoms with E-state index in [-0.39, 0.29) is 6.54 Å². The summed E-state index contributed by atoms with van der Waals surface area (Å²) in [5.74, 6) is 0. The average Bonchev–Trinajstić information content (AvgIpc) is 2.86.